The van der Waals surface area contributed by atoms with Crippen LogP contribution in [0.3, 0.4) is 0 Å². The lowest BCUT2D eigenvalue weighted by Crippen LogP contribution is -2.41. The molecule has 1 atom stereocenters. The molecule has 2 heterocycles. The largest absolute Gasteiger partial charge is 0.383 e. The monoisotopic (exact) mass is 311 g/mol. The van der Waals surface area contributed by atoms with Gasteiger partial charge in [-0.15, -0.1) is 0 Å². The Hall–Kier alpha value is -1.34. The van der Waals surface area contributed by atoms with Crippen molar-refractivity contribution >= 4 is 17.7 Å². The molecule has 1 aromatic heterocycles. The molecule has 0 radical (unpaired) electrons. The number of hydrogen-bond donors (Lipinski definition) is 1. The van der Waals surface area contributed by atoms with Crippen molar-refractivity contribution in [2.45, 2.75) is 32.0 Å². The fourth-order valence-electron chi connectivity index (χ4n) is 2.38. The minimum atomic E-state index is -0.203. The van der Waals surface area contributed by atoms with Crippen molar-refractivity contribution in [2.24, 2.45) is 5.92 Å². The zero-order chi connectivity index (χ0) is 15.4. The first-order valence-electron chi connectivity index (χ1n) is 7.08. The van der Waals surface area contributed by atoms with E-state index in [2.05, 4.69) is 10.3 Å². The highest BCUT2D eigenvalue weighted by atomic mass is 32.2. The van der Waals surface area contributed by atoms with Gasteiger partial charge in [-0.1, -0.05) is 18.7 Å². The van der Waals surface area contributed by atoms with E-state index in [0.717, 1.165) is 16.4 Å². The summed E-state index contributed by atoms with van der Waals surface area (Å²) in [6.45, 7) is 5.20. The summed E-state index contributed by atoms with van der Waals surface area (Å²) in [4.78, 5) is 29.0. The van der Waals surface area contributed by atoms with Gasteiger partial charge in [0.05, 0.1) is 12.5 Å². The van der Waals surface area contributed by atoms with E-state index in [-0.39, 0.29) is 17.4 Å². The first kappa shape index (κ1) is 16.0. The molecule has 0 spiro atoms. The SMILES string of the molecule is CCc1c(C)nc2n(c1=O)CC(C(=O)NCCOC)CS2. The Balaban J connectivity index is 2.16. The molecule has 0 fully saturated rings. The van der Waals surface area contributed by atoms with Gasteiger partial charge in [-0.25, -0.2) is 4.98 Å². The van der Waals surface area contributed by atoms with E-state index in [1.165, 1.54) is 11.8 Å². The molecule has 1 aliphatic rings. The van der Waals surface area contributed by atoms with Gasteiger partial charge in [0.25, 0.3) is 5.56 Å². The molecule has 1 aliphatic heterocycles. The normalized spacial score (nSPS) is 17.4. The van der Waals surface area contributed by atoms with Crippen LogP contribution < -0.4 is 10.9 Å². The Bertz CT molecular complexity index is 586. The molecular weight excluding hydrogens is 290 g/mol. The van der Waals surface area contributed by atoms with Crippen LogP contribution >= 0.6 is 11.8 Å². The second kappa shape index (κ2) is 7.09. The van der Waals surface area contributed by atoms with Crippen LogP contribution in [0.5, 0.6) is 0 Å². The van der Waals surface area contributed by atoms with Crippen molar-refractivity contribution in [3.63, 3.8) is 0 Å². The molecular formula is C14H21N3O3S. The lowest BCUT2D eigenvalue weighted by Gasteiger charge is -2.25. The lowest BCUT2D eigenvalue weighted by molar-refractivity contribution is -0.125. The summed E-state index contributed by atoms with van der Waals surface area (Å²) in [5.74, 6) is 0.415. The van der Waals surface area contributed by atoms with E-state index in [9.17, 15) is 9.59 Å². The van der Waals surface area contributed by atoms with Gasteiger partial charge in [0.2, 0.25) is 5.91 Å². The Morgan fingerprint density at radius 1 is 1.57 bits per heavy atom. The van der Waals surface area contributed by atoms with Gasteiger partial charge in [0, 0.05) is 37.2 Å². The molecule has 1 aromatic rings. The number of aryl methyl sites for hydroxylation is 1. The predicted molar refractivity (Wildman–Crippen MR) is 81.7 cm³/mol. The van der Waals surface area contributed by atoms with Crippen LogP contribution in [0.2, 0.25) is 0 Å². The van der Waals surface area contributed by atoms with Gasteiger partial charge >= 0.3 is 0 Å². The van der Waals surface area contributed by atoms with E-state index in [4.69, 9.17) is 4.74 Å². The van der Waals surface area contributed by atoms with E-state index < -0.39 is 0 Å². The number of aromatic nitrogens is 2. The molecule has 0 aliphatic carbocycles. The van der Waals surface area contributed by atoms with E-state index >= 15 is 0 Å². The molecule has 0 aromatic carbocycles. The minimum absolute atomic E-state index is 0.0121. The van der Waals surface area contributed by atoms with Crippen LogP contribution in [0.1, 0.15) is 18.2 Å². The molecule has 6 nitrogen and oxygen atoms in total. The number of rotatable bonds is 5. The zero-order valence-electron chi connectivity index (χ0n) is 12.6. The minimum Gasteiger partial charge on any atom is -0.383 e. The lowest BCUT2D eigenvalue weighted by atomic mass is 10.1. The maximum absolute atomic E-state index is 12.5. The highest BCUT2D eigenvalue weighted by Crippen LogP contribution is 2.25. The fraction of sp³-hybridized carbons (Fsp3) is 0.643. The molecule has 7 heteroatoms. The predicted octanol–water partition coefficient (Wildman–Crippen LogP) is 0.599. The van der Waals surface area contributed by atoms with Gasteiger partial charge in [0.15, 0.2) is 5.16 Å². The number of methoxy groups -OCH3 is 1. The molecule has 0 saturated carbocycles. The summed E-state index contributed by atoms with van der Waals surface area (Å²) in [6.07, 6.45) is 0.660. The molecule has 1 N–H and O–H groups in total. The van der Waals surface area contributed by atoms with Crippen molar-refractivity contribution in [3.8, 4) is 0 Å². The standard InChI is InChI=1S/C14H21N3O3S/c1-4-11-9(2)16-14-17(13(11)19)7-10(8-21-14)12(18)15-5-6-20-3/h10H,4-8H2,1-3H3,(H,15,18). The second-order valence-electron chi connectivity index (χ2n) is 5.02. The van der Waals surface area contributed by atoms with Crippen molar-refractivity contribution in [3.05, 3.63) is 21.6 Å². The van der Waals surface area contributed by atoms with Gasteiger partial charge in [-0.2, -0.15) is 0 Å². The number of fused-ring (bicyclic) bond motifs is 1. The first-order chi connectivity index (χ1) is 10.1. The average Bonchev–Trinajstić information content (AvgIpc) is 2.47. The summed E-state index contributed by atoms with van der Waals surface area (Å²) >= 11 is 1.47. The molecule has 116 valence electrons. The number of amides is 1. The smallest absolute Gasteiger partial charge is 0.257 e. The van der Waals surface area contributed by atoms with Gasteiger partial charge in [0.1, 0.15) is 0 Å². The van der Waals surface area contributed by atoms with E-state index in [1.807, 2.05) is 13.8 Å². The number of ether oxygens (including phenoxy) is 1. The Morgan fingerprint density at radius 3 is 3.00 bits per heavy atom. The van der Waals surface area contributed by atoms with Crippen LogP contribution in [0.15, 0.2) is 9.95 Å². The quantitative estimate of drug-likeness (QED) is 0.637. The number of carbonyl (C=O) groups excluding carboxylic acids is 1. The van der Waals surface area contributed by atoms with Crippen LogP contribution in [0.25, 0.3) is 0 Å². The van der Waals surface area contributed by atoms with Crippen molar-refractivity contribution in [1.82, 2.24) is 14.9 Å². The van der Waals surface area contributed by atoms with Crippen LogP contribution in [-0.2, 0) is 22.5 Å². The summed E-state index contributed by atoms with van der Waals surface area (Å²) < 4.78 is 6.55. The molecule has 0 bridgehead atoms. The summed E-state index contributed by atoms with van der Waals surface area (Å²) in [6, 6.07) is 0. The third-order valence-corrected chi connectivity index (χ3v) is 4.72. The van der Waals surface area contributed by atoms with Gasteiger partial charge < -0.3 is 10.1 Å². The molecule has 1 amide bonds. The Kier molecular flexibility index (Phi) is 5.41. The number of hydrogen-bond acceptors (Lipinski definition) is 5. The molecule has 21 heavy (non-hydrogen) atoms. The van der Waals surface area contributed by atoms with Crippen molar-refractivity contribution in [2.75, 3.05) is 26.0 Å². The van der Waals surface area contributed by atoms with E-state index in [0.29, 0.717) is 31.9 Å². The Morgan fingerprint density at radius 2 is 2.33 bits per heavy atom. The Labute approximate surface area is 128 Å². The molecule has 1 unspecified atom stereocenters. The van der Waals surface area contributed by atoms with Gasteiger partial charge in [-0.3, -0.25) is 14.2 Å². The van der Waals surface area contributed by atoms with Crippen LogP contribution in [0.4, 0.5) is 0 Å². The van der Waals surface area contributed by atoms with Gasteiger partial charge in [-0.05, 0) is 13.3 Å². The zero-order valence-corrected chi connectivity index (χ0v) is 13.5. The molecule has 2 rings (SSSR count). The average molecular weight is 311 g/mol. The highest BCUT2D eigenvalue weighted by Gasteiger charge is 2.27. The number of carbonyl (C=O) groups is 1. The summed E-state index contributed by atoms with van der Waals surface area (Å²) in [5, 5.41) is 3.55. The third-order valence-electron chi connectivity index (χ3n) is 3.58. The second-order valence-corrected chi connectivity index (χ2v) is 6.01. The molecule has 0 saturated heterocycles. The maximum atomic E-state index is 12.5. The van der Waals surface area contributed by atoms with Crippen molar-refractivity contribution in [1.29, 1.82) is 0 Å². The topological polar surface area (TPSA) is 73.2 Å². The summed E-state index contributed by atoms with van der Waals surface area (Å²) in [7, 11) is 1.60. The van der Waals surface area contributed by atoms with E-state index in [1.54, 1.807) is 11.7 Å². The number of nitrogens with one attached hydrogen (secondary N) is 1. The van der Waals surface area contributed by atoms with Crippen LogP contribution in [0, 0.1) is 12.8 Å². The first-order valence-corrected chi connectivity index (χ1v) is 8.06. The van der Waals surface area contributed by atoms with Crippen molar-refractivity contribution < 1.29 is 9.53 Å². The third kappa shape index (κ3) is 3.47. The highest BCUT2D eigenvalue weighted by molar-refractivity contribution is 7.99. The van der Waals surface area contributed by atoms with Crippen LogP contribution in [-0.4, -0.2) is 41.5 Å². The fourth-order valence-corrected chi connectivity index (χ4v) is 3.50. The number of thioether (sulfide) groups is 1. The maximum Gasteiger partial charge on any atom is 0.257 e. The number of nitrogens with zero attached hydrogens (tertiary/aromatic N) is 2. The summed E-state index contributed by atoms with van der Waals surface area (Å²) in [5.41, 5.74) is 1.52.